The third kappa shape index (κ3) is 3.13. The third-order valence-electron chi connectivity index (χ3n) is 5.72. The molecule has 0 unspecified atom stereocenters. The Kier molecular flexibility index (Phi) is 4.68. The van der Waals surface area contributed by atoms with Crippen LogP contribution in [0, 0.1) is 5.82 Å². The molecule has 3 aromatic carbocycles. The zero-order valence-corrected chi connectivity index (χ0v) is 17.2. The van der Waals surface area contributed by atoms with Gasteiger partial charge in [-0.3, -0.25) is 0 Å². The van der Waals surface area contributed by atoms with Crippen LogP contribution in [0.4, 0.5) is 10.2 Å². The molecule has 2 heterocycles. The van der Waals surface area contributed by atoms with Gasteiger partial charge >= 0.3 is 6.01 Å². The minimum atomic E-state index is -0.493. The summed E-state index contributed by atoms with van der Waals surface area (Å²) in [4.78, 5) is 12.5. The highest BCUT2D eigenvalue weighted by Gasteiger charge is 2.22. The molecule has 30 heavy (non-hydrogen) atoms. The third-order valence-corrected chi connectivity index (χ3v) is 6.04. The molecule has 7 heteroatoms. The van der Waals surface area contributed by atoms with Crippen molar-refractivity contribution < 1.29 is 9.50 Å². The molecular weight excluding hydrogens is 403 g/mol. The quantitative estimate of drug-likeness (QED) is 0.507. The van der Waals surface area contributed by atoms with E-state index in [1.165, 1.54) is 0 Å². The molecule has 0 bridgehead atoms. The van der Waals surface area contributed by atoms with Gasteiger partial charge < -0.3 is 14.9 Å². The number of nitrogens with zero attached hydrogens (tertiary/aromatic N) is 4. The van der Waals surface area contributed by atoms with Crippen molar-refractivity contribution in [1.29, 1.82) is 0 Å². The molecule has 152 valence electrons. The van der Waals surface area contributed by atoms with Crippen LogP contribution in [0.3, 0.4) is 0 Å². The Morgan fingerprint density at radius 2 is 1.67 bits per heavy atom. The first-order chi connectivity index (χ1) is 14.5. The Morgan fingerprint density at radius 3 is 2.43 bits per heavy atom. The van der Waals surface area contributed by atoms with Crippen LogP contribution in [-0.2, 0) is 0 Å². The zero-order chi connectivity index (χ0) is 20.8. The topological polar surface area (TPSA) is 52.5 Å². The Morgan fingerprint density at radius 1 is 0.933 bits per heavy atom. The number of halogens is 2. The van der Waals surface area contributed by atoms with Crippen molar-refractivity contribution in [2.24, 2.45) is 0 Å². The Balaban J connectivity index is 1.71. The molecule has 0 radical (unpaired) electrons. The fourth-order valence-corrected chi connectivity index (χ4v) is 4.40. The second-order valence-electron chi connectivity index (χ2n) is 7.60. The van der Waals surface area contributed by atoms with Gasteiger partial charge in [0.25, 0.3) is 0 Å². The van der Waals surface area contributed by atoms with Gasteiger partial charge in [0.15, 0.2) is 5.82 Å². The van der Waals surface area contributed by atoms with Crippen LogP contribution < -0.4 is 4.90 Å². The lowest BCUT2D eigenvalue weighted by molar-refractivity contribution is 0.311. The number of hydrogen-bond donors (Lipinski definition) is 1. The summed E-state index contributed by atoms with van der Waals surface area (Å²) in [6.45, 7) is 3.26. The van der Waals surface area contributed by atoms with E-state index in [-0.39, 0.29) is 5.52 Å². The maximum absolute atomic E-state index is 15.7. The number of rotatable bonds is 2. The predicted octanol–water partition coefficient (Wildman–Crippen LogP) is 4.70. The van der Waals surface area contributed by atoms with Crippen molar-refractivity contribution in [2.75, 3.05) is 38.1 Å². The Hall–Kier alpha value is -2.96. The van der Waals surface area contributed by atoms with E-state index in [1.54, 1.807) is 12.1 Å². The minimum Gasteiger partial charge on any atom is -0.479 e. The first-order valence-corrected chi connectivity index (χ1v) is 10.2. The van der Waals surface area contributed by atoms with Crippen LogP contribution in [0.15, 0.2) is 48.5 Å². The van der Waals surface area contributed by atoms with E-state index in [9.17, 15) is 5.11 Å². The zero-order valence-electron chi connectivity index (χ0n) is 16.4. The van der Waals surface area contributed by atoms with Gasteiger partial charge in [0.2, 0.25) is 0 Å². The van der Waals surface area contributed by atoms with Crippen molar-refractivity contribution in [2.45, 2.75) is 0 Å². The Bertz CT molecular complexity index is 1270. The summed E-state index contributed by atoms with van der Waals surface area (Å²) in [5, 5.41) is 13.0. The van der Waals surface area contributed by atoms with Crippen molar-refractivity contribution >= 4 is 39.1 Å². The second-order valence-corrected chi connectivity index (χ2v) is 8.01. The van der Waals surface area contributed by atoms with Gasteiger partial charge in [0.05, 0.1) is 0 Å². The number of aromatic hydroxyl groups is 1. The molecule has 0 amide bonds. The molecule has 0 spiro atoms. The molecule has 0 saturated carbocycles. The van der Waals surface area contributed by atoms with Crippen LogP contribution in [0.25, 0.3) is 32.8 Å². The maximum Gasteiger partial charge on any atom is 0.316 e. The standard InChI is InChI=1S/C23H20ClFN4O/c1-28-10-12-29(13-11-28)22-17-9-8-16(20(25)21(17)26-23(30)27-22)15-6-2-4-14-5-3-7-18(24)19(14)15/h2-9H,10-13H2,1H3,(H,26,27,30). The van der Waals surface area contributed by atoms with Gasteiger partial charge in [-0.25, -0.2) is 4.39 Å². The SMILES string of the molecule is CN1CCN(c2nc(O)nc3c(F)c(-c4cccc5cccc(Cl)c45)ccc23)CC1. The molecule has 0 atom stereocenters. The molecule has 5 nitrogen and oxygen atoms in total. The Labute approximate surface area is 178 Å². The smallest absolute Gasteiger partial charge is 0.316 e. The van der Waals surface area contributed by atoms with E-state index in [4.69, 9.17) is 11.6 Å². The average Bonchev–Trinajstić information content (AvgIpc) is 2.74. The highest BCUT2D eigenvalue weighted by molar-refractivity contribution is 6.36. The number of hydrogen-bond acceptors (Lipinski definition) is 5. The molecule has 1 aliphatic heterocycles. The molecule has 4 aromatic rings. The number of fused-ring (bicyclic) bond motifs is 2. The van der Waals surface area contributed by atoms with Crippen LogP contribution in [0.5, 0.6) is 6.01 Å². The second kappa shape index (κ2) is 7.38. The molecule has 0 aliphatic carbocycles. The van der Waals surface area contributed by atoms with Gasteiger partial charge in [-0.05, 0) is 30.1 Å². The van der Waals surface area contributed by atoms with E-state index in [0.29, 0.717) is 27.4 Å². The number of likely N-dealkylation sites (N-methyl/N-ethyl adjacent to an activating group) is 1. The molecule has 5 rings (SSSR count). The van der Waals surface area contributed by atoms with E-state index in [2.05, 4.69) is 26.8 Å². The lowest BCUT2D eigenvalue weighted by Crippen LogP contribution is -2.44. The fraction of sp³-hybridized carbons (Fsp3) is 0.217. The van der Waals surface area contributed by atoms with Crippen molar-refractivity contribution in [3.63, 3.8) is 0 Å². The average molecular weight is 423 g/mol. The van der Waals surface area contributed by atoms with Gasteiger partial charge in [0.1, 0.15) is 11.3 Å². The number of anilines is 1. The van der Waals surface area contributed by atoms with E-state index in [0.717, 1.165) is 37.0 Å². The number of aromatic nitrogens is 2. The van der Waals surface area contributed by atoms with Crippen molar-refractivity contribution in [1.82, 2.24) is 14.9 Å². The van der Waals surface area contributed by atoms with Crippen molar-refractivity contribution in [3.8, 4) is 17.1 Å². The number of piperazine rings is 1. The largest absolute Gasteiger partial charge is 0.479 e. The van der Waals surface area contributed by atoms with E-state index >= 15 is 4.39 Å². The van der Waals surface area contributed by atoms with Gasteiger partial charge in [-0.1, -0.05) is 48.0 Å². The van der Waals surface area contributed by atoms with Gasteiger partial charge in [-0.2, -0.15) is 9.97 Å². The predicted molar refractivity (Wildman–Crippen MR) is 119 cm³/mol. The van der Waals surface area contributed by atoms with Crippen LogP contribution in [-0.4, -0.2) is 53.2 Å². The molecular formula is C23H20ClFN4O. The summed E-state index contributed by atoms with van der Waals surface area (Å²) in [5.74, 6) is 0.0694. The van der Waals surface area contributed by atoms with Crippen LogP contribution in [0.2, 0.25) is 5.02 Å². The molecule has 1 aromatic heterocycles. The lowest BCUT2D eigenvalue weighted by atomic mass is 9.96. The van der Waals surface area contributed by atoms with E-state index in [1.807, 2.05) is 36.4 Å². The fourth-order valence-electron chi connectivity index (χ4n) is 4.12. The first-order valence-electron chi connectivity index (χ1n) is 9.83. The normalized spacial score (nSPS) is 15.2. The number of benzene rings is 3. The first kappa shape index (κ1) is 19.0. The van der Waals surface area contributed by atoms with Crippen LogP contribution in [0.1, 0.15) is 0 Å². The highest BCUT2D eigenvalue weighted by atomic mass is 35.5. The summed E-state index contributed by atoms with van der Waals surface area (Å²) < 4.78 is 15.7. The molecule has 1 fully saturated rings. The monoisotopic (exact) mass is 422 g/mol. The van der Waals surface area contributed by atoms with Gasteiger partial charge in [0, 0.05) is 47.5 Å². The van der Waals surface area contributed by atoms with Crippen molar-refractivity contribution in [3.05, 3.63) is 59.4 Å². The maximum atomic E-state index is 15.7. The molecule has 1 saturated heterocycles. The summed E-state index contributed by atoms with van der Waals surface area (Å²) in [7, 11) is 2.06. The molecule has 1 aliphatic rings. The van der Waals surface area contributed by atoms with Crippen LogP contribution >= 0.6 is 11.6 Å². The summed E-state index contributed by atoms with van der Waals surface area (Å²) in [6.07, 6.45) is 0. The lowest BCUT2D eigenvalue weighted by Gasteiger charge is -2.33. The summed E-state index contributed by atoms with van der Waals surface area (Å²) in [5.41, 5.74) is 1.19. The summed E-state index contributed by atoms with van der Waals surface area (Å²) >= 11 is 6.45. The van der Waals surface area contributed by atoms with E-state index < -0.39 is 11.8 Å². The molecule has 1 N–H and O–H groups in total. The van der Waals surface area contributed by atoms with Gasteiger partial charge in [-0.15, -0.1) is 0 Å². The summed E-state index contributed by atoms with van der Waals surface area (Å²) in [6, 6.07) is 14.4. The highest BCUT2D eigenvalue weighted by Crippen LogP contribution is 2.38. The minimum absolute atomic E-state index is 0.109.